The summed E-state index contributed by atoms with van der Waals surface area (Å²) in [6, 6.07) is 20.0. The quantitative estimate of drug-likeness (QED) is 0.623. The number of allylic oxidation sites excluding steroid dienone is 2. The van der Waals surface area contributed by atoms with Crippen molar-refractivity contribution in [2.75, 3.05) is 6.54 Å². The van der Waals surface area contributed by atoms with Crippen molar-refractivity contribution in [2.24, 2.45) is 11.8 Å². The molecule has 2 amide bonds. The summed E-state index contributed by atoms with van der Waals surface area (Å²) in [5.41, 5.74) is 2.15. The Morgan fingerprint density at radius 1 is 0.769 bits per heavy atom. The fourth-order valence-electron chi connectivity index (χ4n) is 4.30. The van der Waals surface area contributed by atoms with Gasteiger partial charge in [0.05, 0.1) is 11.8 Å². The van der Waals surface area contributed by atoms with Gasteiger partial charge in [0.1, 0.15) is 0 Å². The van der Waals surface area contributed by atoms with E-state index in [0.717, 1.165) is 11.1 Å². The normalized spacial score (nSPS) is 27.5. The molecule has 3 heteroatoms. The van der Waals surface area contributed by atoms with Gasteiger partial charge in [0.25, 0.3) is 0 Å². The number of carbonyl (C=O) groups excluding carboxylic acids is 2. The molecule has 2 aliphatic rings. The number of fused-ring (bicyclic) bond motifs is 1. The smallest absolute Gasteiger partial charge is 0.234 e. The fourth-order valence-corrected chi connectivity index (χ4v) is 4.30. The third kappa shape index (κ3) is 2.60. The molecule has 130 valence electrons. The maximum atomic E-state index is 13.1. The number of hydrogen-bond donors (Lipinski definition) is 0. The average molecular weight is 343 g/mol. The Balaban J connectivity index is 1.81. The highest BCUT2D eigenvalue weighted by Crippen LogP contribution is 2.49. The molecule has 1 aliphatic heterocycles. The number of carbonyl (C=O) groups is 2. The predicted octanol–water partition coefficient (Wildman–Crippen LogP) is 3.91. The van der Waals surface area contributed by atoms with Crippen molar-refractivity contribution >= 4 is 11.8 Å². The van der Waals surface area contributed by atoms with Crippen molar-refractivity contribution in [1.82, 2.24) is 4.90 Å². The molecule has 1 aliphatic carbocycles. The van der Waals surface area contributed by atoms with Crippen LogP contribution in [0.3, 0.4) is 0 Å². The highest BCUT2D eigenvalue weighted by Gasteiger charge is 2.54. The van der Waals surface area contributed by atoms with E-state index in [0.29, 0.717) is 0 Å². The van der Waals surface area contributed by atoms with E-state index in [1.54, 1.807) is 6.08 Å². The lowest BCUT2D eigenvalue weighted by Crippen LogP contribution is -2.31. The molecule has 3 nitrogen and oxygen atoms in total. The monoisotopic (exact) mass is 343 g/mol. The number of nitrogens with zero attached hydrogens (tertiary/aromatic N) is 1. The highest BCUT2D eigenvalue weighted by atomic mass is 16.2. The number of likely N-dealkylation sites (tertiary alicyclic amines) is 1. The molecular formula is C23H21NO2. The van der Waals surface area contributed by atoms with Crippen LogP contribution in [0.4, 0.5) is 0 Å². The molecule has 0 radical (unpaired) electrons. The molecule has 2 aromatic rings. The van der Waals surface area contributed by atoms with E-state index in [4.69, 9.17) is 0 Å². The van der Waals surface area contributed by atoms with E-state index >= 15 is 0 Å². The molecule has 0 spiro atoms. The van der Waals surface area contributed by atoms with E-state index in [9.17, 15) is 9.59 Å². The van der Waals surface area contributed by atoms with Crippen LogP contribution in [0.25, 0.3) is 0 Å². The van der Waals surface area contributed by atoms with Gasteiger partial charge in [0, 0.05) is 18.4 Å². The third-order valence-corrected chi connectivity index (χ3v) is 5.47. The Bertz CT molecular complexity index is 789. The summed E-state index contributed by atoms with van der Waals surface area (Å²) in [7, 11) is 0. The van der Waals surface area contributed by atoms with Gasteiger partial charge in [-0.05, 0) is 11.1 Å². The second-order valence-corrected chi connectivity index (χ2v) is 6.89. The molecular weight excluding hydrogens is 322 g/mol. The fraction of sp³-hybridized carbons (Fsp3) is 0.217. The summed E-state index contributed by atoms with van der Waals surface area (Å²) in [6.07, 6.45) is 5.84. The van der Waals surface area contributed by atoms with Crippen LogP contribution in [-0.2, 0) is 9.59 Å². The van der Waals surface area contributed by atoms with Crippen LogP contribution in [0.5, 0.6) is 0 Å². The molecule has 1 saturated heterocycles. The Morgan fingerprint density at radius 2 is 1.19 bits per heavy atom. The van der Waals surface area contributed by atoms with E-state index in [1.807, 2.05) is 60.7 Å². The summed E-state index contributed by atoms with van der Waals surface area (Å²) in [5.74, 6) is -1.04. The minimum atomic E-state index is -0.361. The van der Waals surface area contributed by atoms with Crippen molar-refractivity contribution < 1.29 is 9.59 Å². The van der Waals surface area contributed by atoms with E-state index in [1.165, 1.54) is 4.90 Å². The first-order valence-corrected chi connectivity index (χ1v) is 8.96. The minimum Gasteiger partial charge on any atom is -0.278 e. The van der Waals surface area contributed by atoms with Crippen LogP contribution in [0.1, 0.15) is 23.0 Å². The van der Waals surface area contributed by atoms with Crippen LogP contribution in [-0.4, -0.2) is 23.3 Å². The van der Waals surface area contributed by atoms with Gasteiger partial charge < -0.3 is 0 Å². The number of hydrogen-bond acceptors (Lipinski definition) is 2. The largest absolute Gasteiger partial charge is 0.278 e. The molecule has 26 heavy (non-hydrogen) atoms. The summed E-state index contributed by atoms with van der Waals surface area (Å²) in [4.78, 5) is 27.6. The maximum absolute atomic E-state index is 13.1. The predicted molar refractivity (Wildman–Crippen MR) is 101 cm³/mol. The Kier molecular flexibility index (Phi) is 4.29. The van der Waals surface area contributed by atoms with E-state index in [-0.39, 0.29) is 42.0 Å². The van der Waals surface area contributed by atoms with Crippen LogP contribution in [0.2, 0.25) is 0 Å². The summed E-state index contributed by atoms with van der Waals surface area (Å²) < 4.78 is 0. The van der Waals surface area contributed by atoms with Gasteiger partial charge >= 0.3 is 0 Å². The molecule has 2 aromatic carbocycles. The Morgan fingerprint density at radius 3 is 1.58 bits per heavy atom. The zero-order valence-electron chi connectivity index (χ0n) is 14.5. The van der Waals surface area contributed by atoms with Gasteiger partial charge in [-0.3, -0.25) is 14.5 Å². The number of imide groups is 1. The van der Waals surface area contributed by atoms with Gasteiger partial charge in [-0.25, -0.2) is 0 Å². The third-order valence-electron chi connectivity index (χ3n) is 5.47. The first kappa shape index (κ1) is 16.5. The lowest BCUT2D eigenvalue weighted by molar-refractivity contribution is -0.139. The lowest BCUT2D eigenvalue weighted by atomic mass is 9.68. The number of amides is 2. The SMILES string of the molecule is C=CCN1C(=O)C2C(c3ccccc3)C=CC(c3ccccc3)C2C1=O. The minimum absolute atomic E-state index is 0.0765. The maximum Gasteiger partial charge on any atom is 0.234 e. The molecule has 0 aromatic heterocycles. The van der Waals surface area contributed by atoms with Crippen LogP contribution >= 0.6 is 0 Å². The molecule has 4 atom stereocenters. The van der Waals surface area contributed by atoms with Gasteiger partial charge in [-0.15, -0.1) is 6.58 Å². The van der Waals surface area contributed by atoms with Crippen molar-refractivity contribution in [3.05, 3.63) is 96.6 Å². The van der Waals surface area contributed by atoms with Crippen molar-refractivity contribution in [3.63, 3.8) is 0 Å². The average Bonchev–Trinajstić information content (AvgIpc) is 2.95. The Hall–Kier alpha value is -2.94. The molecule has 0 N–H and O–H groups in total. The first-order chi connectivity index (χ1) is 12.7. The zero-order valence-corrected chi connectivity index (χ0v) is 14.5. The number of rotatable bonds is 4. The Labute approximate surface area is 153 Å². The molecule has 4 rings (SSSR count). The second kappa shape index (κ2) is 6.75. The topological polar surface area (TPSA) is 37.4 Å². The second-order valence-electron chi connectivity index (χ2n) is 6.89. The van der Waals surface area contributed by atoms with Crippen LogP contribution in [0, 0.1) is 11.8 Å². The van der Waals surface area contributed by atoms with Crippen molar-refractivity contribution in [3.8, 4) is 0 Å². The van der Waals surface area contributed by atoms with Gasteiger partial charge in [0.15, 0.2) is 0 Å². The van der Waals surface area contributed by atoms with Gasteiger partial charge in [-0.2, -0.15) is 0 Å². The number of benzene rings is 2. The standard InChI is InChI=1S/C23H21NO2/c1-2-15-24-22(25)20-18(16-9-5-3-6-10-16)13-14-19(21(20)23(24)26)17-11-7-4-8-12-17/h2-14,18-21H,1,15H2. The first-order valence-electron chi connectivity index (χ1n) is 8.96. The van der Waals surface area contributed by atoms with Crippen molar-refractivity contribution in [1.29, 1.82) is 0 Å². The van der Waals surface area contributed by atoms with Crippen molar-refractivity contribution in [2.45, 2.75) is 11.8 Å². The van der Waals surface area contributed by atoms with Gasteiger partial charge in [-0.1, -0.05) is 78.9 Å². The zero-order chi connectivity index (χ0) is 18.1. The van der Waals surface area contributed by atoms with Crippen LogP contribution in [0.15, 0.2) is 85.5 Å². The highest BCUT2D eigenvalue weighted by molar-refractivity contribution is 6.06. The molecule has 4 unspecified atom stereocenters. The van der Waals surface area contributed by atoms with Gasteiger partial charge in [0.2, 0.25) is 11.8 Å². The molecule has 0 bridgehead atoms. The molecule has 0 saturated carbocycles. The molecule has 1 heterocycles. The van der Waals surface area contributed by atoms with E-state index < -0.39 is 0 Å². The summed E-state index contributed by atoms with van der Waals surface area (Å²) >= 11 is 0. The van der Waals surface area contributed by atoms with Crippen LogP contribution < -0.4 is 0 Å². The summed E-state index contributed by atoms with van der Waals surface area (Å²) in [6.45, 7) is 3.97. The summed E-state index contributed by atoms with van der Waals surface area (Å²) in [5, 5.41) is 0. The molecule has 1 fully saturated rings. The van der Waals surface area contributed by atoms with E-state index in [2.05, 4.69) is 18.7 Å². The lowest BCUT2D eigenvalue weighted by Gasteiger charge is -2.32.